The Morgan fingerprint density at radius 2 is 2.08 bits per heavy atom. The summed E-state index contributed by atoms with van der Waals surface area (Å²) >= 11 is 1.47. The van der Waals surface area contributed by atoms with Crippen molar-refractivity contribution in [3.05, 3.63) is 45.1 Å². The number of benzene rings is 1. The van der Waals surface area contributed by atoms with Crippen LogP contribution in [-0.4, -0.2) is 25.3 Å². The molecule has 1 atom stereocenters. The van der Waals surface area contributed by atoms with E-state index in [0.29, 0.717) is 16.4 Å². The molecule has 1 amide bonds. The second-order valence-corrected chi connectivity index (χ2v) is 7.53. The highest BCUT2D eigenvalue weighted by Gasteiger charge is 2.21. The number of amides is 1. The molecule has 0 saturated heterocycles. The van der Waals surface area contributed by atoms with Crippen LogP contribution in [0.2, 0.25) is 0 Å². The third-order valence-electron chi connectivity index (χ3n) is 4.56. The van der Waals surface area contributed by atoms with Gasteiger partial charge in [0.05, 0.1) is 6.04 Å². The van der Waals surface area contributed by atoms with Crippen LogP contribution in [0.25, 0.3) is 0 Å². The van der Waals surface area contributed by atoms with Gasteiger partial charge < -0.3 is 19.5 Å². The largest absolute Gasteiger partial charge is 0.454 e. The van der Waals surface area contributed by atoms with E-state index in [9.17, 15) is 9.59 Å². The van der Waals surface area contributed by atoms with E-state index in [1.54, 1.807) is 0 Å². The summed E-state index contributed by atoms with van der Waals surface area (Å²) in [6.07, 6.45) is 3.20. The molecule has 2 aromatic rings. The van der Waals surface area contributed by atoms with Crippen molar-refractivity contribution >= 4 is 23.2 Å². The molecule has 4 rings (SSSR count). The van der Waals surface area contributed by atoms with Gasteiger partial charge >= 0.3 is 5.97 Å². The van der Waals surface area contributed by atoms with Gasteiger partial charge in [0.15, 0.2) is 18.1 Å². The van der Waals surface area contributed by atoms with Crippen LogP contribution in [0.4, 0.5) is 0 Å². The Labute approximate surface area is 155 Å². The van der Waals surface area contributed by atoms with Crippen LogP contribution in [0.15, 0.2) is 24.3 Å². The Hall–Kier alpha value is -2.54. The lowest BCUT2D eigenvalue weighted by molar-refractivity contribution is -0.124. The maximum absolute atomic E-state index is 12.1. The number of thiophene rings is 1. The van der Waals surface area contributed by atoms with Gasteiger partial charge in [0.25, 0.3) is 5.91 Å². The van der Waals surface area contributed by atoms with Gasteiger partial charge in [0, 0.05) is 4.88 Å². The van der Waals surface area contributed by atoms with E-state index >= 15 is 0 Å². The van der Waals surface area contributed by atoms with E-state index in [1.165, 1.54) is 21.8 Å². The quantitative estimate of drug-likeness (QED) is 0.816. The Morgan fingerprint density at radius 1 is 1.23 bits per heavy atom. The summed E-state index contributed by atoms with van der Waals surface area (Å²) in [5.74, 6) is 0.590. The highest BCUT2D eigenvalue weighted by atomic mass is 32.1. The second-order valence-electron chi connectivity index (χ2n) is 6.39. The summed E-state index contributed by atoms with van der Waals surface area (Å²) in [4.78, 5) is 26.0. The highest BCUT2D eigenvalue weighted by molar-refractivity contribution is 7.14. The number of carbonyl (C=O) groups excluding carboxylic acids is 2. The maximum atomic E-state index is 12.1. The van der Waals surface area contributed by atoms with Gasteiger partial charge in [-0.05, 0) is 55.5 Å². The molecular formula is C19H19NO5S. The predicted molar refractivity (Wildman–Crippen MR) is 95.7 cm³/mol. The Bertz CT molecular complexity index is 838. The van der Waals surface area contributed by atoms with E-state index in [2.05, 4.69) is 5.32 Å². The molecule has 26 heavy (non-hydrogen) atoms. The third-order valence-corrected chi connectivity index (χ3v) is 5.77. The monoisotopic (exact) mass is 373 g/mol. The van der Waals surface area contributed by atoms with Crippen LogP contribution < -0.4 is 14.8 Å². The Morgan fingerprint density at radius 3 is 2.92 bits per heavy atom. The van der Waals surface area contributed by atoms with Crippen molar-refractivity contribution in [2.45, 2.75) is 32.2 Å². The number of fused-ring (bicyclic) bond motifs is 2. The maximum Gasteiger partial charge on any atom is 0.348 e. The van der Waals surface area contributed by atoms with E-state index in [-0.39, 0.29) is 25.3 Å². The molecule has 136 valence electrons. The summed E-state index contributed by atoms with van der Waals surface area (Å²) in [6.45, 7) is 1.78. The van der Waals surface area contributed by atoms with E-state index in [0.717, 1.165) is 24.8 Å². The average Bonchev–Trinajstić information content (AvgIpc) is 3.33. The van der Waals surface area contributed by atoms with Gasteiger partial charge in [-0.1, -0.05) is 6.07 Å². The molecule has 2 aliphatic rings. The fourth-order valence-electron chi connectivity index (χ4n) is 3.18. The van der Waals surface area contributed by atoms with Gasteiger partial charge in [-0.2, -0.15) is 0 Å². The first-order valence-electron chi connectivity index (χ1n) is 8.58. The molecule has 1 N–H and O–H groups in total. The Kier molecular flexibility index (Phi) is 4.55. The van der Waals surface area contributed by atoms with Crippen molar-refractivity contribution in [3.63, 3.8) is 0 Å². The molecular weight excluding hydrogens is 354 g/mol. The van der Waals surface area contributed by atoms with Crippen molar-refractivity contribution in [1.29, 1.82) is 0 Å². The van der Waals surface area contributed by atoms with Crippen molar-refractivity contribution in [2.24, 2.45) is 0 Å². The smallest absolute Gasteiger partial charge is 0.348 e. The number of ether oxygens (including phenoxy) is 3. The Balaban J connectivity index is 1.30. The van der Waals surface area contributed by atoms with Gasteiger partial charge in [-0.25, -0.2) is 4.79 Å². The number of nitrogens with one attached hydrogen (secondary N) is 1. The molecule has 0 bridgehead atoms. The van der Waals surface area contributed by atoms with E-state index in [1.807, 2.05) is 31.2 Å². The van der Waals surface area contributed by atoms with Gasteiger partial charge in [-0.3, -0.25) is 4.79 Å². The van der Waals surface area contributed by atoms with Gasteiger partial charge in [-0.15, -0.1) is 11.3 Å². The minimum Gasteiger partial charge on any atom is -0.454 e. The molecule has 0 fully saturated rings. The van der Waals surface area contributed by atoms with Crippen molar-refractivity contribution in [3.8, 4) is 11.5 Å². The minimum absolute atomic E-state index is 0.210. The van der Waals surface area contributed by atoms with Crippen LogP contribution in [-0.2, 0) is 22.4 Å². The summed E-state index contributed by atoms with van der Waals surface area (Å²) in [5, 5.41) is 2.82. The highest BCUT2D eigenvalue weighted by Crippen LogP contribution is 2.34. The minimum atomic E-state index is -0.435. The molecule has 0 saturated carbocycles. The molecule has 1 aromatic heterocycles. The summed E-state index contributed by atoms with van der Waals surface area (Å²) in [5.41, 5.74) is 2.13. The van der Waals surface area contributed by atoms with Gasteiger partial charge in [0.2, 0.25) is 6.79 Å². The molecule has 7 heteroatoms. The van der Waals surface area contributed by atoms with E-state index < -0.39 is 5.97 Å². The van der Waals surface area contributed by atoms with Gasteiger partial charge in [0.1, 0.15) is 4.88 Å². The van der Waals surface area contributed by atoms with Crippen LogP contribution >= 0.6 is 11.3 Å². The van der Waals surface area contributed by atoms with Crippen LogP contribution in [0, 0.1) is 0 Å². The molecule has 0 unspecified atom stereocenters. The summed E-state index contributed by atoms with van der Waals surface area (Å²) in [6, 6.07) is 7.18. The number of esters is 1. The number of rotatable bonds is 5. The first-order valence-corrected chi connectivity index (χ1v) is 9.39. The second kappa shape index (κ2) is 6.99. The first kappa shape index (κ1) is 16.9. The first-order chi connectivity index (χ1) is 12.6. The fraction of sp³-hybridized carbons (Fsp3) is 0.368. The lowest BCUT2D eigenvalue weighted by Gasteiger charge is -2.14. The van der Waals surface area contributed by atoms with Crippen molar-refractivity contribution < 1.29 is 23.8 Å². The molecule has 1 aliphatic carbocycles. The number of carbonyl (C=O) groups is 2. The van der Waals surface area contributed by atoms with Crippen LogP contribution in [0.3, 0.4) is 0 Å². The predicted octanol–water partition coefficient (Wildman–Crippen LogP) is 3.00. The molecule has 0 radical (unpaired) electrons. The zero-order chi connectivity index (χ0) is 18.1. The summed E-state index contributed by atoms with van der Waals surface area (Å²) < 4.78 is 15.8. The lowest BCUT2D eigenvalue weighted by atomic mass is 10.1. The van der Waals surface area contributed by atoms with Crippen molar-refractivity contribution in [2.75, 3.05) is 13.4 Å². The molecule has 1 aromatic carbocycles. The molecule has 6 nitrogen and oxygen atoms in total. The van der Waals surface area contributed by atoms with Crippen LogP contribution in [0.5, 0.6) is 11.5 Å². The third kappa shape index (κ3) is 3.39. The molecule has 1 aliphatic heterocycles. The number of hydrogen-bond donors (Lipinski definition) is 1. The normalized spacial score (nSPS) is 15.4. The zero-order valence-corrected chi connectivity index (χ0v) is 15.2. The molecule has 2 heterocycles. The standard InChI is InChI=1S/C19H19NO5S/c1-11(12-5-6-14-15(7-12)25-10-24-14)20-18(21)9-23-19(22)17-8-13-3-2-4-16(13)26-17/h5-8,11H,2-4,9-10H2,1H3,(H,20,21)/t11-/m0/s1. The number of aryl methyl sites for hydroxylation is 2. The van der Waals surface area contributed by atoms with Crippen LogP contribution in [0.1, 0.15) is 45.1 Å². The zero-order valence-electron chi connectivity index (χ0n) is 14.4. The average molecular weight is 373 g/mol. The topological polar surface area (TPSA) is 73.9 Å². The SMILES string of the molecule is C[C@H](NC(=O)COC(=O)c1cc2c(s1)CCC2)c1ccc2c(c1)OCO2. The summed E-state index contributed by atoms with van der Waals surface area (Å²) in [7, 11) is 0. The number of hydrogen-bond acceptors (Lipinski definition) is 6. The van der Waals surface area contributed by atoms with Crippen molar-refractivity contribution in [1.82, 2.24) is 5.32 Å². The fourth-order valence-corrected chi connectivity index (χ4v) is 4.33. The van der Waals surface area contributed by atoms with E-state index in [4.69, 9.17) is 14.2 Å². The lowest BCUT2D eigenvalue weighted by Crippen LogP contribution is -2.31. The molecule has 0 spiro atoms.